The second kappa shape index (κ2) is 10.2. The molecule has 2 amide bonds. The first-order chi connectivity index (χ1) is 14.8. The molecule has 0 N–H and O–H groups in total. The fourth-order valence-electron chi connectivity index (χ4n) is 3.46. The zero-order chi connectivity index (χ0) is 22.5. The van der Waals surface area contributed by atoms with Crippen molar-refractivity contribution in [3.05, 3.63) is 61.0 Å². The molecule has 3 rings (SSSR count). The molecule has 0 atom stereocenters. The van der Waals surface area contributed by atoms with Gasteiger partial charge < -0.3 is 0 Å². The summed E-state index contributed by atoms with van der Waals surface area (Å²) in [7, 11) is 8.88. The first-order valence-electron chi connectivity index (χ1n) is 9.78. The van der Waals surface area contributed by atoms with E-state index in [0.29, 0.717) is 19.9 Å². The van der Waals surface area contributed by atoms with Crippen molar-refractivity contribution in [2.75, 3.05) is 48.6 Å². The number of hydrogen-bond acceptors (Lipinski definition) is 3. The Morgan fingerprint density at radius 3 is 2.39 bits per heavy atom. The summed E-state index contributed by atoms with van der Waals surface area (Å²) in [5, 5.41) is 0. The average molecular weight is 540 g/mol. The van der Waals surface area contributed by atoms with E-state index < -0.39 is 21.2 Å². The first kappa shape index (κ1) is 23.1. The van der Waals surface area contributed by atoms with Crippen LogP contribution in [0.2, 0.25) is 0 Å². The van der Waals surface area contributed by atoms with Crippen LogP contribution in [0.5, 0.6) is 5.75 Å². The van der Waals surface area contributed by atoms with Crippen molar-refractivity contribution < 1.29 is 35.1 Å². The van der Waals surface area contributed by atoms with Crippen molar-refractivity contribution in [3.8, 4) is 5.75 Å². The van der Waals surface area contributed by atoms with Gasteiger partial charge in [0.25, 0.3) is 0 Å². The molecule has 0 aliphatic carbocycles. The molecule has 0 spiro atoms. The van der Waals surface area contributed by atoms with Crippen molar-refractivity contribution in [1.29, 1.82) is 0 Å². The van der Waals surface area contributed by atoms with Crippen molar-refractivity contribution >= 4 is 12.0 Å². The molecule has 168 valence electrons. The maximum absolute atomic E-state index is 14.5. The van der Waals surface area contributed by atoms with Crippen LogP contribution in [0.15, 0.2) is 47.5 Å². The molecule has 0 aromatic heterocycles. The Bertz CT molecular complexity index is 939. The predicted octanol–water partition coefficient (Wildman–Crippen LogP) is -0.405. The van der Waals surface area contributed by atoms with Gasteiger partial charge in [-0.1, -0.05) is 0 Å². The van der Waals surface area contributed by atoms with E-state index in [1.165, 1.54) is 0 Å². The Balaban J connectivity index is 1.72. The SMILES string of the molecule is CN=C(N(C)Cc1ccc(F)c([I-]c2ccc(OC)cc2)c1)N1CN(C)C(=O)N(C)C1. The zero-order valence-electron chi connectivity index (χ0n) is 18.5. The number of carbonyl (C=O) groups is 1. The molecule has 0 unspecified atom stereocenters. The minimum absolute atomic E-state index is 0.0139. The van der Waals surface area contributed by atoms with Gasteiger partial charge in [-0.15, -0.1) is 0 Å². The number of hydrogen-bond donors (Lipinski definition) is 0. The summed E-state index contributed by atoms with van der Waals surface area (Å²) in [6.45, 7) is 1.53. The number of halogens is 2. The fourth-order valence-corrected chi connectivity index (χ4v) is 5.84. The maximum atomic E-state index is 14.5. The topological polar surface area (TPSA) is 51.6 Å². The molecule has 1 fully saturated rings. The summed E-state index contributed by atoms with van der Waals surface area (Å²) in [4.78, 5) is 23.8. The number of nitrogens with zero attached hydrogens (tertiary/aromatic N) is 5. The molecule has 7 nitrogen and oxygen atoms in total. The van der Waals surface area contributed by atoms with Gasteiger partial charge in [-0.2, -0.15) is 0 Å². The van der Waals surface area contributed by atoms with Crippen molar-refractivity contribution in [1.82, 2.24) is 19.6 Å². The number of carbonyl (C=O) groups excluding carboxylic acids is 1. The Hall–Kier alpha value is -2.56. The quantitative estimate of drug-likeness (QED) is 0.294. The van der Waals surface area contributed by atoms with Crippen LogP contribution in [0, 0.1) is 13.0 Å². The third-order valence-electron chi connectivity index (χ3n) is 4.91. The molecule has 0 saturated carbocycles. The number of aliphatic imine (C=N–C) groups is 1. The van der Waals surface area contributed by atoms with Crippen LogP contribution < -0.4 is 25.9 Å². The van der Waals surface area contributed by atoms with Crippen LogP contribution in [-0.4, -0.2) is 80.2 Å². The Morgan fingerprint density at radius 1 is 1.16 bits per heavy atom. The molecule has 1 aliphatic rings. The van der Waals surface area contributed by atoms with Gasteiger partial charge in [0.1, 0.15) is 0 Å². The number of amides is 2. The van der Waals surface area contributed by atoms with E-state index in [2.05, 4.69) is 4.99 Å². The van der Waals surface area contributed by atoms with Gasteiger partial charge in [0.2, 0.25) is 0 Å². The van der Waals surface area contributed by atoms with E-state index in [4.69, 9.17) is 4.74 Å². The number of ether oxygens (including phenoxy) is 1. The van der Waals surface area contributed by atoms with Gasteiger partial charge in [-0.25, -0.2) is 0 Å². The molecular formula is C22H28FIN5O2-. The van der Waals surface area contributed by atoms with Gasteiger partial charge in [0, 0.05) is 0 Å². The third-order valence-corrected chi connectivity index (χ3v) is 7.66. The van der Waals surface area contributed by atoms with Crippen molar-refractivity contribution in [3.63, 3.8) is 0 Å². The van der Waals surface area contributed by atoms with Gasteiger partial charge in [-0.05, 0) is 0 Å². The molecule has 2 aromatic rings. The van der Waals surface area contributed by atoms with E-state index in [-0.39, 0.29) is 11.8 Å². The molecule has 0 radical (unpaired) electrons. The summed E-state index contributed by atoms with van der Waals surface area (Å²) < 4.78 is 21.6. The van der Waals surface area contributed by atoms with Gasteiger partial charge in [0.05, 0.1) is 0 Å². The van der Waals surface area contributed by atoms with Crippen LogP contribution in [0.25, 0.3) is 0 Å². The number of benzene rings is 2. The number of methoxy groups -OCH3 is 1. The van der Waals surface area contributed by atoms with Gasteiger partial charge in [0.15, 0.2) is 0 Å². The number of guanidine groups is 1. The van der Waals surface area contributed by atoms with E-state index >= 15 is 0 Å². The first-order valence-corrected chi connectivity index (χ1v) is 11.9. The van der Waals surface area contributed by atoms with Crippen LogP contribution >= 0.6 is 0 Å². The second-order valence-corrected chi connectivity index (χ2v) is 10.3. The summed E-state index contributed by atoms with van der Waals surface area (Å²) >= 11 is -0.644. The Morgan fingerprint density at radius 2 is 1.81 bits per heavy atom. The summed E-state index contributed by atoms with van der Waals surface area (Å²) in [6.07, 6.45) is 0. The predicted molar refractivity (Wildman–Crippen MR) is 114 cm³/mol. The number of rotatable bonds is 5. The van der Waals surface area contributed by atoms with Crippen LogP contribution in [-0.2, 0) is 6.54 Å². The molecule has 0 bridgehead atoms. The van der Waals surface area contributed by atoms with Crippen molar-refractivity contribution in [2.24, 2.45) is 4.99 Å². The van der Waals surface area contributed by atoms with Crippen LogP contribution in [0.3, 0.4) is 0 Å². The zero-order valence-corrected chi connectivity index (χ0v) is 20.6. The molecular weight excluding hydrogens is 512 g/mol. The average Bonchev–Trinajstić information content (AvgIpc) is 2.75. The van der Waals surface area contributed by atoms with Crippen molar-refractivity contribution in [2.45, 2.75) is 6.54 Å². The molecule has 31 heavy (non-hydrogen) atoms. The van der Waals surface area contributed by atoms with Gasteiger partial charge in [-0.3, -0.25) is 0 Å². The number of urea groups is 1. The monoisotopic (exact) mass is 540 g/mol. The fraction of sp³-hybridized carbons (Fsp3) is 0.364. The summed E-state index contributed by atoms with van der Waals surface area (Å²) in [6, 6.07) is 13.1. The van der Waals surface area contributed by atoms with E-state index in [9.17, 15) is 9.18 Å². The standard InChI is InChI=1S/C22H28FIN5O2/c1-25-21(29-14-27(3)22(30)28(4)15-29)26(2)13-16-6-11-19(23)20(12-16)24-17-7-9-18(31-5)10-8-17/h6-12H,13-15H2,1-5H3/q-1. The Labute approximate surface area is 193 Å². The van der Waals surface area contributed by atoms with E-state index in [1.807, 2.05) is 53.2 Å². The van der Waals surface area contributed by atoms with E-state index in [0.717, 1.165) is 24.4 Å². The molecule has 1 saturated heterocycles. The van der Waals surface area contributed by atoms with E-state index in [1.54, 1.807) is 44.1 Å². The van der Waals surface area contributed by atoms with Crippen LogP contribution in [0.1, 0.15) is 5.56 Å². The minimum atomic E-state index is -0.644. The normalized spacial score (nSPS) is 15.0. The van der Waals surface area contributed by atoms with Gasteiger partial charge >= 0.3 is 194 Å². The Kier molecular flexibility index (Phi) is 7.58. The molecule has 1 aliphatic heterocycles. The van der Waals surface area contributed by atoms with Crippen LogP contribution in [0.4, 0.5) is 9.18 Å². The summed E-state index contributed by atoms with van der Waals surface area (Å²) in [5.74, 6) is 1.41. The summed E-state index contributed by atoms with van der Waals surface area (Å²) in [5.41, 5.74) is 1.02. The molecule has 2 aromatic carbocycles. The third kappa shape index (κ3) is 5.57. The second-order valence-electron chi connectivity index (χ2n) is 7.38. The molecule has 1 heterocycles. The molecule has 9 heteroatoms.